The van der Waals surface area contributed by atoms with Crippen LogP contribution in [0.4, 0.5) is 0 Å². The number of rotatable bonds is 3. The van der Waals surface area contributed by atoms with Crippen molar-refractivity contribution in [2.45, 2.75) is 6.92 Å². The second-order valence-electron chi connectivity index (χ2n) is 5.67. The van der Waals surface area contributed by atoms with Gasteiger partial charge in [0.25, 0.3) is 0 Å². The Balaban J connectivity index is 1.69. The normalized spacial score (nSPS) is 10.7. The van der Waals surface area contributed by atoms with Gasteiger partial charge in [0.15, 0.2) is 0 Å². The van der Waals surface area contributed by atoms with Gasteiger partial charge in [-0.15, -0.1) is 10.2 Å². The van der Waals surface area contributed by atoms with Crippen LogP contribution in [-0.4, -0.2) is 10.2 Å². The molecule has 1 heterocycles. The third kappa shape index (κ3) is 2.72. The lowest BCUT2D eigenvalue weighted by molar-refractivity contribution is 0.584. The zero-order chi connectivity index (χ0) is 16.4. The minimum absolute atomic E-state index is 0.539. The third-order valence-electron chi connectivity index (χ3n) is 4.01. The summed E-state index contributed by atoms with van der Waals surface area (Å²) in [6.07, 6.45) is 0. The van der Waals surface area contributed by atoms with Crippen LogP contribution in [0.25, 0.3) is 34.0 Å². The molecule has 0 N–H and O–H groups in total. The summed E-state index contributed by atoms with van der Waals surface area (Å²) in [4.78, 5) is 0. The Kier molecular flexibility index (Phi) is 3.67. The molecule has 116 valence electrons. The molecule has 0 amide bonds. The maximum atomic E-state index is 5.86. The fraction of sp³-hybridized carbons (Fsp3) is 0.0476. The van der Waals surface area contributed by atoms with Crippen LogP contribution in [0.15, 0.2) is 83.3 Å². The van der Waals surface area contributed by atoms with Crippen molar-refractivity contribution >= 4 is 0 Å². The highest BCUT2D eigenvalue weighted by molar-refractivity contribution is 5.70. The van der Waals surface area contributed by atoms with Gasteiger partial charge in [-0.2, -0.15) is 0 Å². The molecular weight excluding hydrogens is 296 g/mol. The van der Waals surface area contributed by atoms with Crippen molar-refractivity contribution in [3.63, 3.8) is 0 Å². The molecule has 4 rings (SSSR count). The number of aromatic nitrogens is 2. The highest BCUT2D eigenvalue weighted by Crippen LogP contribution is 2.29. The summed E-state index contributed by atoms with van der Waals surface area (Å²) in [7, 11) is 0. The Morgan fingerprint density at radius 2 is 1.25 bits per heavy atom. The van der Waals surface area contributed by atoms with Gasteiger partial charge in [-0.3, -0.25) is 0 Å². The van der Waals surface area contributed by atoms with E-state index < -0.39 is 0 Å². The van der Waals surface area contributed by atoms with E-state index in [0.29, 0.717) is 11.8 Å². The largest absolute Gasteiger partial charge is 0.416 e. The molecule has 0 bridgehead atoms. The van der Waals surface area contributed by atoms with E-state index in [1.54, 1.807) is 0 Å². The van der Waals surface area contributed by atoms with Gasteiger partial charge < -0.3 is 4.42 Å². The van der Waals surface area contributed by atoms with Gasteiger partial charge in [-0.25, -0.2) is 0 Å². The topological polar surface area (TPSA) is 38.9 Å². The van der Waals surface area contributed by atoms with Gasteiger partial charge in [0.05, 0.1) is 0 Å². The quantitative estimate of drug-likeness (QED) is 0.510. The van der Waals surface area contributed by atoms with Crippen LogP contribution in [0.1, 0.15) is 5.56 Å². The summed E-state index contributed by atoms with van der Waals surface area (Å²) in [5.74, 6) is 1.09. The van der Waals surface area contributed by atoms with E-state index in [-0.39, 0.29) is 0 Å². The van der Waals surface area contributed by atoms with Crippen molar-refractivity contribution in [3.05, 3.63) is 84.4 Å². The molecule has 0 spiro atoms. The average Bonchev–Trinajstić information content (AvgIpc) is 3.13. The summed E-state index contributed by atoms with van der Waals surface area (Å²) in [6, 6.07) is 26.4. The summed E-state index contributed by atoms with van der Waals surface area (Å²) >= 11 is 0. The molecule has 0 aliphatic rings. The minimum atomic E-state index is 0.539. The minimum Gasteiger partial charge on any atom is -0.416 e. The first-order valence-corrected chi connectivity index (χ1v) is 7.86. The molecule has 0 saturated heterocycles. The van der Waals surface area contributed by atoms with Crippen molar-refractivity contribution < 1.29 is 4.42 Å². The Hall–Kier alpha value is -3.20. The van der Waals surface area contributed by atoms with E-state index in [1.807, 2.05) is 54.6 Å². The maximum Gasteiger partial charge on any atom is 0.248 e. The van der Waals surface area contributed by atoms with Gasteiger partial charge >= 0.3 is 0 Å². The fourth-order valence-electron chi connectivity index (χ4n) is 2.74. The third-order valence-corrected chi connectivity index (χ3v) is 4.01. The van der Waals surface area contributed by atoms with Crippen molar-refractivity contribution in [2.75, 3.05) is 0 Å². The fourth-order valence-corrected chi connectivity index (χ4v) is 2.74. The van der Waals surface area contributed by atoms with Crippen molar-refractivity contribution in [2.24, 2.45) is 0 Å². The number of aryl methyl sites for hydroxylation is 1. The summed E-state index contributed by atoms with van der Waals surface area (Å²) in [5, 5.41) is 8.38. The predicted molar refractivity (Wildman–Crippen MR) is 95.3 cm³/mol. The standard InChI is InChI=1S/C21H16N2O/c1-15-14-18(16-8-4-2-5-9-16)12-13-19(15)21-23-22-20(24-21)17-10-6-3-7-11-17/h2-14H,1H3. The highest BCUT2D eigenvalue weighted by Gasteiger charge is 2.12. The Labute approximate surface area is 140 Å². The zero-order valence-electron chi connectivity index (χ0n) is 13.3. The number of hydrogen-bond acceptors (Lipinski definition) is 3. The van der Waals surface area contributed by atoms with E-state index >= 15 is 0 Å². The Bertz CT molecular complexity index is 960. The van der Waals surface area contributed by atoms with Gasteiger partial charge in [-0.1, -0.05) is 60.7 Å². The predicted octanol–water partition coefficient (Wildman–Crippen LogP) is 5.38. The molecule has 0 radical (unpaired) electrons. The molecule has 3 aromatic carbocycles. The second kappa shape index (κ2) is 6.13. The molecule has 0 fully saturated rings. The second-order valence-corrected chi connectivity index (χ2v) is 5.67. The molecule has 4 aromatic rings. The Morgan fingerprint density at radius 3 is 1.92 bits per heavy atom. The van der Waals surface area contributed by atoms with Crippen LogP contribution in [0.2, 0.25) is 0 Å². The van der Waals surface area contributed by atoms with E-state index in [4.69, 9.17) is 4.42 Å². The summed E-state index contributed by atoms with van der Waals surface area (Å²) in [6.45, 7) is 2.06. The maximum absolute atomic E-state index is 5.86. The first kappa shape index (κ1) is 14.4. The van der Waals surface area contributed by atoms with E-state index in [1.165, 1.54) is 11.1 Å². The molecule has 24 heavy (non-hydrogen) atoms. The first-order chi connectivity index (χ1) is 11.8. The van der Waals surface area contributed by atoms with Crippen molar-refractivity contribution in [3.8, 4) is 34.0 Å². The van der Waals surface area contributed by atoms with E-state index in [2.05, 4.69) is 41.4 Å². The van der Waals surface area contributed by atoms with Crippen LogP contribution < -0.4 is 0 Å². The molecule has 0 aliphatic carbocycles. The molecule has 0 atom stereocenters. The summed E-state index contributed by atoms with van der Waals surface area (Å²) < 4.78 is 5.86. The average molecular weight is 312 g/mol. The van der Waals surface area contributed by atoms with Crippen LogP contribution in [0, 0.1) is 6.92 Å². The molecule has 3 nitrogen and oxygen atoms in total. The molecule has 0 unspecified atom stereocenters. The monoisotopic (exact) mass is 312 g/mol. The van der Waals surface area contributed by atoms with Gasteiger partial charge in [0.2, 0.25) is 11.8 Å². The lowest BCUT2D eigenvalue weighted by atomic mass is 10.00. The van der Waals surface area contributed by atoms with Gasteiger partial charge in [0, 0.05) is 11.1 Å². The van der Waals surface area contributed by atoms with Crippen LogP contribution >= 0.6 is 0 Å². The molecular formula is C21H16N2O. The Morgan fingerprint density at radius 1 is 0.625 bits per heavy atom. The lowest BCUT2D eigenvalue weighted by Crippen LogP contribution is -1.86. The molecule has 0 aliphatic heterocycles. The van der Waals surface area contributed by atoms with Crippen molar-refractivity contribution in [1.29, 1.82) is 0 Å². The summed E-state index contributed by atoms with van der Waals surface area (Å²) in [5.41, 5.74) is 5.38. The number of nitrogens with zero attached hydrogens (tertiary/aromatic N) is 2. The van der Waals surface area contributed by atoms with Gasteiger partial charge in [-0.05, 0) is 41.8 Å². The van der Waals surface area contributed by atoms with Crippen LogP contribution in [-0.2, 0) is 0 Å². The number of benzene rings is 3. The molecule has 0 saturated carbocycles. The first-order valence-electron chi connectivity index (χ1n) is 7.86. The van der Waals surface area contributed by atoms with E-state index in [0.717, 1.165) is 16.7 Å². The van der Waals surface area contributed by atoms with Gasteiger partial charge in [0.1, 0.15) is 0 Å². The van der Waals surface area contributed by atoms with Crippen molar-refractivity contribution in [1.82, 2.24) is 10.2 Å². The van der Waals surface area contributed by atoms with Crippen LogP contribution in [0.5, 0.6) is 0 Å². The SMILES string of the molecule is Cc1cc(-c2ccccc2)ccc1-c1nnc(-c2ccccc2)o1. The smallest absolute Gasteiger partial charge is 0.248 e. The van der Waals surface area contributed by atoms with E-state index in [9.17, 15) is 0 Å². The zero-order valence-corrected chi connectivity index (χ0v) is 13.3. The molecule has 3 heteroatoms. The number of hydrogen-bond donors (Lipinski definition) is 0. The molecule has 1 aromatic heterocycles. The highest BCUT2D eigenvalue weighted by atomic mass is 16.4. The van der Waals surface area contributed by atoms with Crippen LogP contribution in [0.3, 0.4) is 0 Å². The lowest BCUT2D eigenvalue weighted by Gasteiger charge is -2.06.